The summed E-state index contributed by atoms with van der Waals surface area (Å²) in [6.45, 7) is 8.04. The molecule has 0 bridgehead atoms. The van der Waals surface area contributed by atoms with Crippen molar-refractivity contribution in [2.45, 2.75) is 45.8 Å². The van der Waals surface area contributed by atoms with E-state index in [1.54, 1.807) is 31.5 Å². The molecule has 32 heavy (non-hydrogen) atoms. The first kappa shape index (κ1) is 23.7. The van der Waals surface area contributed by atoms with Gasteiger partial charge in [-0.15, -0.1) is 11.3 Å². The van der Waals surface area contributed by atoms with Crippen LogP contribution in [0.2, 0.25) is 19.6 Å². The molecular formula is C23H27FN4O2SSi. The number of thiazole rings is 1. The first-order valence-corrected chi connectivity index (χ1v) is 14.7. The van der Waals surface area contributed by atoms with Gasteiger partial charge in [0, 0.05) is 29.4 Å². The summed E-state index contributed by atoms with van der Waals surface area (Å²) in [4.78, 5) is 33.1. The van der Waals surface area contributed by atoms with Gasteiger partial charge in [0.05, 0.1) is 13.8 Å². The Hall–Kier alpha value is -2.91. The van der Waals surface area contributed by atoms with Gasteiger partial charge in [0.1, 0.15) is 11.6 Å². The van der Waals surface area contributed by atoms with Crippen LogP contribution in [0.5, 0.6) is 0 Å². The quantitative estimate of drug-likeness (QED) is 0.464. The van der Waals surface area contributed by atoms with E-state index >= 15 is 0 Å². The van der Waals surface area contributed by atoms with Crippen LogP contribution in [0.4, 0.5) is 20.0 Å². The van der Waals surface area contributed by atoms with Crippen molar-refractivity contribution in [3.63, 3.8) is 0 Å². The molecule has 0 aliphatic carbocycles. The van der Waals surface area contributed by atoms with Crippen LogP contribution in [0.3, 0.4) is 0 Å². The molecule has 2 amide bonds. The number of anilines is 2. The Morgan fingerprint density at radius 2 is 1.84 bits per heavy atom. The Labute approximate surface area is 192 Å². The van der Waals surface area contributed by atoms with E-state index in [0.29, 0.717) is 11.6 Å². The predicted molar refractivity (Wildman–Crippen MR) is 130 cm³/mol. The number of rotatable bonds is 8. The standard InChI is InChI=1S/C23H27FN4O2SSi/c1-15(29)11-17-12-16(9-10-25-17)5-6-18-14-26-23(31-18)28-22(30)27-21-13-19(32(2,3)4)7-8-20(21)24/h7-10,12-14H,5-6,11H2,1-4H3,(H2,26,27,28,30). The van der Waals surface area contributed by atoms with E-state index in [1.807, 2.05) is 12.1 Å². The number of hydrogen-bond acceptors (Lipinski definition) is 5. The minimum Gasteiger partial charge on any atom is -0.305 e. The van der Waals surface area contributed by atoms with Crippen LogP contribution in [-0.4, -0.2) is 29.9 Å². The van der Waals surface area contributed by atoms with Crippen molar-refractivity contribution >= 4 is 47.2 Å². The van der Waals surface area contributed by atoms with Crippen LogP contribution >= 0.6 is 11.3 Å². The lowest BCUT2D eigenvalue weighted by atomic mass is 10.1. The van der Waals surface area contributed by atoms with E-state index in [9.17, 15) is 14.0 Å². The van der Waals surface area contributed by atoms with Gasteiger partial charge in [0.15, 0.2) is 5.13 Å². The van der Waals surface area contributed by atoms with Crippen LogP contribution in [0.25, 0.3) is 0 Å². The van der Waals surface area contributed by atoms with Crippen molar-refractivity contribution in [2.75, 3.05) is 10.6 Å². The molecule has 0 fully saturated rings. The van der Waals surface area contributed by atoms with E-state index in [4.69, 9.17) is 0 Å². The maximum absolute atomic E-state index is 14.2. The molecule has 0 radical (unpaired) electrons. The van der Waals surface area contributed by atoms with E-state index in [0.717, 1.165) is 34.2 Å². The highest BCUT2D eigenvalue weighted by Crippen LogP contribution is 2.21. The molecule has 0 atom stereocenters. The van der Waals surface area contributed by atoms with Crippen LogP contribution in [0, 0.1) is 5.82 Å². The number of pyridine rings is 1. The van der Waals surface area contributed by atoms with E-state index in [-0.39, 0.29) is 11.5 Å². The number of aromatic nitrogens is 2. The van der Waals surface area contributed by atoms with Crippen molar-refractivity contribution in [1.82, 2.24) is 9.97 Å². The minimum atomic E-state index is -1.63. The third-order valence-corrected chi connectivity index (χ3v) is 7.84. The average molecular weight is 471 g/mol. The number of benzene rings is 1. The topological polar surface area (TPSA) is 84.0 Å². The molecular weight excluding hydrogens is 443 g/mol. The molecule has 0 aliphatic heterocycles. The molecule has 168 valence electrons. The van der Waals surface area contributed by atoms with E-state index in [1.165, 1.54) is 17.4 Å². The highest BCUT2D eigenvalue weighted by Gasteiger charge is 2.19. The summed E-state index contributed by atoms with van der Waals surface area (Å²) < 4.78 is 14.2. The molecule has 0 saturated carbocycles. The van der Waals surface area contributed by atoms with Gasteiger partial charge in [-0.3, -0.25) is 15.1 Å². The van der Waals surface area contributed by atoms with Crippen molar-refractivity contribution in [1.29, 1.82) is 0 Å². The summed E-state index contributed by atoms with van der Waals surface area (Å²) in [6.07, 6.45) is 5.30. The smallest absolute Gasteiger partial charge is 0.305 e. The van der Waals surface area contributed by atoms with Crippen LogP contribution in [0.1, 0.15) is 23.1 Å². The fourth-order valence-electron chi connectivity index (χ4n) is 3.12. The van der Waals surface area contributed by atoms with Gasteiger partial charge in [0.2, 0.25) is 0 Å². The summed E-state index contributed by atoms with van der Waals surface area (Å²) in [7, 11) is -1.63. The molecule has 3 aromatic rings. The Bertz CT molecular complexity index is 1130. The monoisotopic (exact) mass is 470 g/mol. The summed E-state index contributed by atoms with van der Waals surface area (Å²) in [6, 6.07) is 8.23. The van der Waals surface area contributed by atoms with Crippen LogP contribution in [-0.2, 0) is 24.1 Å². The van der Waals surface area contributed by atoms with Crippen molar-refractivity contribution < 1.29 is 14.0 Å². The largest absolute Gasteiger partial charge is 0.325 e. The van der Waals surface area contributed by atoms with Gasteiger partial charge >= 0.3 is 6.03 Å². The van der Waals surface area contributed by atoms with Gasteiger partial charge < -0.3 is 5.32 Å². The maximum atomic E-state index is 14.2. The van der Waals surface area contributed by atoms with E-state index < -0.39 is 19.9 Å². The number of hydrogen-bond donors (Lipinski definition) is 2. The number of Topliss-reactive ketones (excluding diaryl/α,β-unsaturated/α-hetero) is 1. The fraction of sp³-hybridized carbons (Fsp3) is 0.304. The van der Waals surface area contributed by atoms with Crippen LogP contribution < -0.4 is 15.8 Å². The molecule has 2 heterocycles. The summed E-state index contributed by atoms with van der Waals surface area (Å²) in [5.74, 6) is -0.387. The summed E-state index contributed by atoms with van der Waals surface area (Å²) in [5.41, 5.74) is 2.02. The Morgan fingerprint density at radius 3 is 2.56 bits per heavy atom. The predicted octanol–water partition coefficient (Wildman–Crippen LogP) is 4.78. The number of nitrogens with zero attached hydrogens (tertiary/aromatic N) is 2. The van der Waals surface area contributed by atoms with Crippen molar-refractivity contribution in [3.8, 4) is 0 Å². The lowest BCUT2D eigenvalue weighted by Crippen LogP contribution is -2.38. The number of carbonyl (C=O) groups is 2. The Morgan fingerprint density at radius 1 is 1.06 bits per heavy atom. The average Bonchev–Trinajstić information content (AvgIpc) is 3.14. The zero-order valence-electron chi connectivity index (χ0n) is 18.7. The lowest BCUT2D eigenvalue weighted by Gasteiger charge is -2.18. The number of halogens is 1. The maximum Gasteiger partial charge on any atom is 0.325 e. The Kier molecular flexibility index (Phi) is 7.52. The summed E-state index contributed by atoms with van der Waals surface area (Å²) in [5, 5.41) is 6.78. The highest BCUT2D eigenvalue weighted by atomic mass is 32.1. The van der Waals surface area contributed by atoms with Gasteiger partial charge in [-0.05, 0) is 49.6 Å². The number of urea groups is 1. The number of amides is 2. The molecule has 0 unspecified atom stereocenters. The molecule has 0 saturated heterocycles. The molecule has 3 rings (SSSR count). The molecule has 6 nitrogen and oxygen atoms in total. The second-order valence-corrected chi connectivity index (χ2v) is 14.9. The number of nitrogens with one attached hydrogen (secondary N) is 2. The first-order chi connectivity index (χ1) is 15.1. The first-order valence-electron chi connectivity index (χ1n) is 10.4. The zero-order chi connectivity index (χ0) is 23.3. The third kappa shape index (κ3) is 6.79. The zero-order valence-corrected chi connectivity index (χ0v) is 20.5. The van der Waals surface area contributed by atoms with Gasteiger partial charge in [-0.25, -0.2) is 14.2 Å². The molecule has 1 aromatic carbocycles. The third-order valence-electron chi connectivity index (χ3n) is 4.83. The minimum absolute atomic E-state index is 0.0817. The lowest BCUT2D eigenvalue weighted by molar-refractivity contribution is -0.116. The normalized spacial score (nSPS) is 11.3. The SMILES string of the molecule is CC(=O)Cc1cc(CCc2cnc(NC(=O)Nc3cc([Si](C)(C)C)ccc3F)s2)ccn1. The van der Waals surface area contributed by atoms with Crippen LogP contribution in [0.15, 0.2) is 42.7 Å². The molecule has 0 aliphatic rings. The molecule has 0 spiro atoms. The molecule has 2 aromatic heterocycles. The molecule has 9 heteroatoms. The van der Waals surface area contributed by atoms with Gasteiger partial charge in [0.25, 0.3) is 0 Å². The number of carbonyl (C=O) groups excluding carboxylic acids is 2. The summed E-state index contributed by atoms with van der Waals surface area (Å²) >= 11 is 1.38. The fourth-order valence-corrected chi connectivity index (χ4v) is 5.09. The Balaban J connectivity index is 1.57. The second-order valence-electron chi connectivity index (χ2n) is 8.69. The number of ketones is 1. The van der Waals surface area contributed by atoms with Crippen molar-refractivity contribution in [3.05, 3.63) is 64.7 Å². The van der Waals surface area contributed by atoms with E-state index in [2.05, 4.69) is 40.2 Å². The van der Waals surface area contributed by atoms with Gasteiger partial charge in [-0.2, -0.15) is 0 Å². The second kappa shape index (κ2) is 10.1. The van der Waals surface area contributed by atoms with Gasteiger partial charge in [-0.1, -0.05) is 30.9 Å². The number of aryl methyl sites for hydroxylation is 2. The van der Waals surface area contributed by atoms with Crippen molar-refractivity contribution in [2.24, 2.45) is 0 Å². The highest BCUT2D eigenvalue weighted by molar-refractivity contribution is 7.15. The molecule has 2 N–H and O–H groups in total.